The van der Waals surface area contributed by atoms with E-state index in [0.29, 0.717) is 25.3 Å². The van der Waals surface area contributed by atoms with Crippen LogP contribution in [0.2, 0.25) is 0 Å². The number of aromatic nitrogens is 2. The van der Waals surface area contributed by atoms with Gasteiger partial charge in [0.2, 0.25) is 5.91 Å². The van der Waals surface area contributed by atoms with Crippen molar-refractivity contribution < 1.29 is 13.6 Å². The summed E-state index contributed by atoms with van der Waals surface area (Å²) in [4.78, 5) is 17.9. The van der Waals surface area contributed by atoms with Gasteiger partial charge in [-0.1, -0.05) is 6.42 Å². The van der Waals surface area contributed by atoms with Crippen LogP contribution in [0, 0.1) is 0 Å². The molecule has 2 heterocycles. The number of nitrogens with zero attached hydrogens (tertiary/aromatic N) is 3. The average molecular weight is 300 g/mol. The lowest BCUT2D eigenvalue weighted by Gasteiger charge is -2.35. The van der Waals surface area contributed by atoms with E-state index in [1.165, 1.54) is 12.4 Å². The predicted molar refractivity (Wildman–Crippen MR) is 74.8 cm³/mol. The molecule has 1 saturated heterocycles. The number of amides is 1. The van der Waals surface area contributed by atoms with Crippen molar-refractivity contribution in [1.29, 1.82) is 0 Å². The van der Waals surface area contributed by atoms with Crippen molar-refractivity contribution >= 4 is 5.91 Å². The monoisotopic (exact) mass is 300 g/mol. The predicted octanol–water partition coefficient (Wildman–Crippen LogP) is 2.16. The zero-order valence-electron chi connectivity index (χ0n) is 12.3. The van der Waals surface area contributed by atoms with E-state index in [-0.39, 0.29) is 11.9 Å². The van der Waals surface area contributed by atoms with E-state index in [1.54, 1.807) is 0 Å². The highest BCUT2D eigenvalue weighted by Crippen LogP contribution is 2.23. The Morgan fingerprint density at radius 3 is 3.05 bits per heavy atom. The van der Waals surface area contributed by atoms with E-state index >= 15 is 0 Å². The molecule has 1 aliphatic heterocycles. The normalized spacial score (nSPS) is 19.9. The van der Waals surface area contributed by atoms with Gasteiger partial charge in [0.1, 0.15) is 5.82 Å². The number of imidazole rings is 1. The molecule has 0 aliphatic carbocycles. The van der Waals surface area contributed by atoms with E-state index < -0.39 is 6.55 Å². The minimum absolute atomic E-state index is 0.0200. The number of alkyl halides is 2. The van der Waals surface area contributed by atoms with Crippen LogP contribution < -0.4 is 5.32 Å². The molecule has 5 nitrogen and oxygen atoms in total. The molecule has 1 aromatic heterocycles. The maximum absolute atomic E-state index is 12.9. The van der Waals surface area contributed by atoms with Gasteiger partial charge in [0.05, 0.1) is 6.54 Å². The van der Waals surface area contributed by atoms with Gasteiger partial charge in [0.25, 0.3) is 0 Å². The molecule has 118 valence electrons. The van der Waals surface area contributed by atoms with Crippen LogP contribution >= 0.6 is 0 Å². The van der Waals surface area contributed by atoms with Crippen LogP contribution in [-0.4, -0.2) is 39.5 Å². The fourth-order valence-corrected chi connectivity index (χ4v) is 2.81. The standard InChI is InChI=1S/C14H22F2N4O/c1-2-17-13(21)9-11-5-3-4-7-19(11)10-12-18-6-8-20(12)14(15)16/h6,8,11,14H,2-5,7,9-10H2,1H3,(H,17,21)/t11-/m0/s1. The highest BCUT2D eigenvalue weighted by molar-refractivity contribution is 5.76. The SMILES string of the molecule is CCNC(=O)C[C@@H]1CCCCN1Cc1nccn1C(F)F. The summed E-state index contributed by atoms with van der Waals surface area (Å²) in [6, 6.07) is 0.105. The zero-order valence-corrected chi connectivity index (χ0v) is 12.3. The molecular formula is C14H22F2N4O. The third kappa shape index (κ3) is 4.23. The Balaban J connectivity index is 2.01. The third-order valence-corrected chi connectivity index (χ3v) is 3.85. The van der Waals surface area contributed by atoms with Crippen LogP contribution in [-0.2, 0) is 11.3 Å². The summed E-state index contributed by atoms with van der Waals surface area (Å²) < 4.78 is 26.6. The average Bonchev–Trinajstić information content (AvgIpc) is 2.89. The Hall–Kier alpha value is -1.50. The van der Waals surface area contributed by atoms with E-state index in [9.17, 15) is 13.6 Å². The number of hydrogen-bond acceptors (Lipinski definition) is 3. The van der Waals surface area contributed by atoms with Crippen LogP contribution in [0.25, 0.3) is 0 Å². The Kier molecular flexibility index (Phi) is 5.67. The fourth-order valence-electron chi connectivity index (χ4n) is 2.81. The van der Waals surface area contributed by atoms with Crippen LogP contribution in [0.5, 0.6) is 0 Å². The summed E-state index contributed by atoms with van der Waals surface area (Å²) >= 11 is 0. The highest BCUT2D eigenvalue weighted by Gasteiger charge is 2.26. The lowest BCUT2D eigenvalue weighted by Crippen LogP contribution is -2.42. The number of piperidine rings is 1. The quantitative estimate of drug-likeness (QED) is 0.876. The third-order valence-electron chi connectivity index (χ3n) is 3.85. The van der Waals surface area contributed by atoms with Crippen molar-refractivity contribution in [1.82, 2.24) is 19.8 Å². The summed E-state index contributed by atoms with van der Waals surface area (Å²) in [5, 5.41) is 2.80. The van der Waals surface area contributed by atoms with E-state index in [1.807, 2.05) is 6.92 Å². The van der Waals surface area contributed by atoms with Crippen molar-refractivity contribution in [2.45, 2.75) is 51.7 Å². The number of rotatable bonds is 6. The zero-order chi connectivity index (χ0) is 15.2. The molecule has 1 aliphatic rings. The topological polar surface area (TPSA) is 50.2 Å². The first-order chi connectivity index (χ1) is 10.1. The van der Waals surface area contributed by atoms with E-state index in [0.717, 1.165) is 30.4 Å². The molecule has 0 aromatic carbocycles. The van der Waals surface area contributed by atoms with Crippen LogP contribution in [0.15, 0.2) is 12.4 Å². The number of hydrogen-bond donors (Lipinski definition) is 1. The highest BCUT2D eigenvalue weighted by atomic mass is 19.3. The number of carbonyl (C=O) groups excluding carboxylic acids is 1. The van der Waals surface area contributed by atoms with Gasteiger partial charge in [-0.2, -0.15) is 8.78 Å². The molecule has 1 N–H and O–H groups in total. The van der Waals surface area contributed by atoms with Gasteiger partial charge >= 0.3 is 6.55 Å². The van der Waals surface area contributed by atoms with Gasteiger partial charge in [-0.3, -0.25) is 14.3 Å². The molecule has 21 heavy (non-hydrogen) atoms. The van der Waals surface area contributed by atoms with Crippen LogP contribution in [0.4, 0.5) is 8.78 Å². The summed E-state index contributed by atoms with van der Waals surface area (Å²) in [5.74, 6) is 0.374. The first kappa shape index (κ1) is 15.9. The first-order valence-corrected chi connectivity index (χ1v) is 7.42. The number of likely N-dealkylation sites (tertiary alicyclic amines) is 1. The largest absolute Gasteiger partial charge is 0.356 e. The van der Waals surface area contributed by atoms with Gasteiger partial charge in [0, 0.05) is 31.4 Å². The molecule has 0 radical (unpaired) electrons. The maximum Gasteiger partial charge on any atom is 0.319 e. The molecule has 0 spiro atoms. The summed E-state index contributed by atoms with van der Waals surface area (Å²) in [7, 11) is 0. The summed E-state index contributed by atoms with van der Waals surface area (Å²) in [5.41, 5.74) is 0. The van der Waals surface area contributed by atoms with E-state index in [4.69, 9.17) is 0 Å². The van der Waals surface area contributed by atoms with Gasteiger partial charge in [0.15, 0.2) is 0 Å². The fraction of sp³-hybridized carbons (Fsp3) is 0.714. The van der Waals surface area contributed by atoms with Crippen molar-refractivity contribution in [2.75, 3.05) is 13.1 Å². The van der Waals surface area contributed by atoms with Crippen molar-refractivity contribution in [3.05, 3.63) is 18.2 Å². The molecular weight excluding hydrogens is 278 g/mol. The Bertz CT molecular complexity index is 464. The Labute approximate surface area is 123 Å². The number of halogens is 2. The molecule has 0 bridgehead atoms. The summed E-state index contributed by atoms with van der Waals surface area (Å²) in [6.07, 6.45) is 6.13. The van der Waals surface area contributed by atoms with Gasteiger partial charge in [-0.05, 0) is 26.3 Å². The smallest absolute Gasteiger partial charge is 0.319 e. The van der Waals surface area contributed by atoms with Crippen LogP contribution in [0.3, 0.4) is 0 Å². The number of carbonyl (C=O) groups is 1. The molecule has 1 atom stereocenters. The second-order valence-corrected chi connectivity index (χ2v) is 5.31. The van der Waals surface area contributed by atoms with Crippen molar-refractivity contribution in [3.63, 3.8) is 0 Å². The van der Waals surface area contributed by atoms with Crippen molar-refractivity contribution in [2.24, 2.45) is 0 Å². The van der Waals surface area contributed by atoms with E-state index in [2.05, 4.69) is 15.2 Å². The minimum Gasteiger partial charge on any atom is -0.356 e. The molecule has 1 fully saturated rings. The van der Waals surface area contributed by atoms with Gasteiger partial charge in [-0.15, -0.1) is 0 Å². The van der Waals surface area contributed by atoms with Crippen LogP contribution in [0.1, 0.15) is 45.0 Å². The maximum atomic E-state index is 12.9. The molecule has 0 unspecified atom stereocenters. The molecule has 0 saturated carbocycles. The van der Waals surface area contributed by atoms with Gasteiger partial charge in [-0.25, -0.2) is 4.98 Å². The molecule has 1 amide bonds. The minimum atomic E-state index is -2.57. The molecule has 1 aromatic rings. The Morgan fingerprint density at radius 2 is 2.33 bits per heavy atom. The second kappa shape index (κ2) is 7.49. The molecule has 7 heteroatoms. The Morgan fingerprint density at radius 1 is 1.52 bits per heavy atom. The lowest BCUT2D eigenvalue weighted by molar-refractivity contribution is -0.122. The van der Waals surface area contributed by atoms with Gasteiger partial charge < -0.3 is 5.32 Å². The summed E-state index contributed by atoms with van der Waals surface area (Å²) in [6.45, 7) is 1.10. The lowest BCUT2D eigenvalue weighted by atomic mass is 9.99. The van der Waals surface area contributed by atoms with Crippen molar-refractivity contribution in [3.8, 4) is 0 Å². The molecule has 2 rings (SSSR count). The second-order valence-electron chi connectivity index (χ2n) is 5.31. The first-order valence-electron chi connectivity index (χ1n) is 7.42. The number of nitrogens with one attached hydrogen (secondary N) is 1.